The Morgan fingerprint density at radius 3 is 2.75 bits per heavy atom. The maximum absolute atomic E-state index is 13.0. The van der Waals surface area contributed by atoms with Crippen LogP contribution in [0.15, 0.2) is 30.5 Å². The second-order valence-corrected chi connectivity index (χ2v) is 5.82. The van der Waals surface area contributed by atoms with Crippen LogP contribution in [0.1, 0.15) is 22.4 Å². The van der Waals surface area contributed by atoms with Crippen molar-refractivity contribution in [1.82, 2.24) is 4.98 Å². The van der Waals surface area contributed by atoms with Gasteiger partial charge in [0.15, 0.2) is 0 Å². The van der Waals surface area contributed by atoms with Gasteiger partial charge in [-0.3, -0.25) is 9.59 Å². The molecule has 2 rings (SSSR count). The number of carbonyl (C=O) groups is 2. The van der Waals surface area contributed by atoms with Gasteiger partial charge < -0.3 is 0 Å². The minimum absolute atomic E-state index is 0.00799. The monoisotopic (exact) mass is 291 g/mol. The number of rotatable bonds is 6. The second kappa shape index (κ2) is 6.52. The Morgan fingerprint density at radius 2 is 2.05 bits per heavy atom. The summed E-state index contributed by atoms with van der Waals surface area (Å²) >= 11 is 1.38. The summed E-state index contributed by atoms with van der Waals surface area (Å²) in [5.41, 5.74) is 0.670. The first kappa shape index (κ1) is 14.5. The van der Waals surface area contributed by atoms with Gasteiger partial charge in [-0.05, 0) is 24.6 Å². The van der Waals surface area contributed by atoms with Gasteiger partial charge in [0.1, 0.15) is 22.4 Å². The first-order valence-electron chi connectivity index (χ1n) is 6.22. The molecule has 5 heteroatoms. The van der Waals surface area contributed by atoms with Crippen LogP contribution in [0.2, 0.25) is 0 Å². The van der Waals surface area contributed by atoms with Gasteiger partial charge in [0.25, 0.3) is 0 Å². The number of Topliss-reactive ketones (excluding diaryl/α,β-unsaturated/α-hetero) is 2. The third-order valence-electron chi connectivity index (χ3n) is 2.66. The van der Waals surface area contributed by atoms with Crippen molar-refractivity contribution in [1.29, 1.82) is 0 Å². The summed E-state index contributed by atoms with van der Waals surface area (Å²) in [6.07, 6.45) is 2.42. The predicted molar refractivity (Wildman–Crippen MR) is 75.3 cm³/mol. The van der Waals surface area contributed by atoms with Crippen LogP contribution in [0.3, 0.4) is 0 Å². The molecule has 0 fully saturated rings. The highest BCUT2D eigenvalue weighted by atomic mass is 32.1. The van der Waals surface area contributed by atoms with Crippen LogP contribution in [0.5, 0.6) is 0 Å². The predicted octanol–water partition coefficient (Wildman–Crippen LogP) is 2.77. The molecule has 0 amide bonds. The van der Waals surface area contributed by atoms with Crippen molar-refractivity contribution >= 4 is 22.9 Å². The van der Waals surface area contributed by atoms with E-state index in [9.17, 15) is 14.0 Å². The maximum Gasteiger partial charge on any atom is 0.142 e. The molecule has 0 aliphatic carbocycles. The lowest BCUT2D eigenvalue weighted by Gasteiger charge is -2.00. The molecule has 0 N–H and O–H groups in total. The van der Waals surface area contributed by atoms with E-state index in [1.807, 2.05) is 0 Å². The number of halogens is 1. The Morgan fingerprint density at radius 1 is 1.25 bits per heavy atom. The summed E-state index contributed by atoms with van der Waals surface area (Å²) in [5.74, 6) is -0.276. The molecule has 104 valence electrons. The van der Waals surface area contributed by atoms with Gasteiger partial charge in [-0.15, -0.1) is 11.3 Å². The van der Waals surface area contributed by atoms with Gasteiger partial charge in [0, 0.05) is 23.9 Å². The lowest BCUT2D eigenvalue weighted by Crippen LogP contribution is -2.05. The molecule has 20 heavy (non-hydrogen) atoms. The van der Waals surface area contributed by atoms with Crippen molar-refractivity contribution in [2.24, 2.45) is 0 Å². The normalized spacial score (nSPS) is 10.5. The molecule has 1 aromatic heterocycles. The molecule has 0 radical (unpaired) electrons. The highest BCUT2D eigenvalue weighted by Crippen LogP contribution is 2.16. The zero-order valence-corrected chi connectivity index (χ0v) is 11.9. The maximum atomic E-state index is 13.0. The van der Waals surface area contributed by atoms with Crippen LogP contribution in [-0.2, 0) is 28.9 Å². The summed E-state index contributed by atoms with van der Waals surface area (Å²) in [5, 5.41) is 0.728. The van der Waals surface area contributed by atoms with Crippen LogP contribution in [0, 0.1) is 5.82 Å². The van der Waals surface area contributed by atoms with E-state index in [1.165, 1.54) is 30.4 Å². The fourth-order valence-electron chi connectivity index (χ4n) is 1.86. The third-order valence-corrected chi connectivity index (χ3v) is 3.66. The number of hydrogen-bond donors (Lipinski definition) is 0. The highest BCUT2D eigenvalue weighted by Gasteiger charge is 2.10. The van der Waals surface area contributed by atoms with E-state index >= 15 is 0 Å². The zero-order valence-electron chi connectivity index (χ0n) is 11.1. The number of aromatic nitrogens is 1. The molecular weight excluding hydrogens is 277 g/mol. The van der Waals surface area contributed by atoms with Gasteiger partial charge in [-0.25, -0.2) is 9.37 Å². The number of ketones is 2. The summed E-state index contributed by atoms with van der Waals surface area (Å²) < 4.78 is 13.0. The molecule has 0 saturated carbocycles. The van der Waals surface area contributed by atoms with Crippen molar-refractivity contribution in [3.63, 3.8) is 0 Å². The SMILES string of the molecule is CC(=O)Cc1ncc(CC(=O)Cc2cccc(F)c2)s1. The smallest absolute Gasteiger partial charge is 0.142 e. The lowest BCUT2D eigenvalue weighted by atomic mass is 10.1. The molecule has 0 aliphatic heterocycles. The van der Waals surface area contributed by atoms with Gasteiger partial charge in [-0.1, -0.05) is 12.1 Å². The average molecular weight is 291 g/mol. The van der Waals surface area contributed by atoms with Crippen molar-refractivity contribution < 1.29 is 14.0 Å². The zero-order chi connectivity index (χ0) is 14.5. The Kier molecular flexibility index (Phi) is 4.74. The van der Waals surface area contributed by atoms with Crippen molar-refractivity contribution in [2.45, 2.75) is 26.2 Å². The van der Waals surface area contributed by atoms with Crippen LogP contribution < -0.4 is 0 Å². The largest absolute Gasteiger partial charge is 0.300 e. The van der Waals surface area contributed by atoms with Crippen molar-refractivity contribution in [3.05, 3.63) is 51.7 Å². The molecule has 2 aromatic rings. The molecule has 1 aromatic carbocycles. The van der Waals surface area contributed by atoms with E-state index in [1.54, 1.807) is 18.3 Å². The van der Waals surface area contributed by atoms with Crippen LogP contribution in [0.4, 0.5) is 4.39 Å². The molecule has 1 heterocycles. The standard InChI is InChI=1S/C15H14FNO2S/c1-10(18)5-15-17-9-14(20-15)8-13(19)7-11-3-2-4-12(16)6-11/h2-4,6,9H,5,7-8H2,1H3. The number of hydrogen-bond acceptors (Lipinski definition) is 4. The highest BCUT2D eigenvalue weighted by molar-refractivity contribution is 7.11. The van der Waals surface area contributed by atoms with E-state index in [4.69, 9.17) is 0 Å². The van der Waals surface area contributed by atoms with E-state index in [0.29, 0.717) is 12.0 Å². The number of nitrogens with zero attached hydrogens (tertiary/aromatic N) is 1. The van der Waals surface area contributed by atoms with Gasteiger partial charge in [0.05, 0.1) is 6.42 Å². The molecule has 0 saturated heterocycles. The van der Waals surface area contributed by atoms with Crippen LogP contribution in [0.25, 0.3) is 0 Å². The topological polar surface area (TPSA) is 47.0 Å². The van der Waals surface area contributed by atoms with E-state index in [0.717, 1.165) is 9.88 Å². The molecule has 0 spiro atoms. The summed E-state index contributed by atoms with van der Waals surface area (Å²) in [4.78, 5) is 27.8. The van der Waals surface area contributed by atoms with E-state index in [2.05, 4.69) is 4.98 Å². The minimum Gasteiger partial charge on any atom is -0.300 e. The molecule has 0 aliphatic rings. The molecular formula is C15H14FNO2S. The fraction of sp³-hybridized carbons (Fsp3) is 0.267. The number of thiazole rings is 1. The lowest BCUT2D eigenvalue weighted by molar-refractivity contribution is -0.118. The number of benzene rings is 1. The van der Waals surface area contributed by atoms with Crippen LogP contribution in [-0.4, -0.2) is 16.6 Å². The molecule has 0 unspecified atom stereocenters. The Labute approximate surface area is 120 Å². The van der Waals surface area contributed by atoms with Gasteiger partial charge in [0.2, 0.25) is 0 Å². The average Bonchev–Trinajstić information content (AvgIpc) is 2.75. The Balaban J connectivity index is 1.94. The first-order chi connectivity index (χ1) is 9.52. The van der Waals surface area contributed by atoms with Gasteiger partial charge in [-0.2, -0.15) is 0 Å². The van der Waals surface area contributed by atoms with Gasteiger partial charge >= 0.3 is 0 Å². The van der Waals surface area contributed by atoms with Crippen molar-refractivity contribution in [3.8, 4) is 0 Å². The second-order valence-electron chi connectivity index (χ2n) is 4.62. The van der Waals surface area contributed by atoms with E-state index in [-0.39, 0.29) is 30.2 Å². The molecule has 3 nitrogen and oxygen atoms in total. The Bertz CT molecular complexity index is 636. The first-order valence-corrected chi connectivity index (χ1v) is 7.04. The molecule has 0 bridgehead atoms. The molecule has 0 atom stereocenters. The summed E-state index contributed by atoms with van der Waals surface area (Å²) in [6.45, 7) is 1.51. The fourth-order valence-corrected chi connectivity index (χ4v) is 2.88. The minimum atomic E-state index is -0.336. The third kappa shape index (κ3) is 4.35. The summed E-state index contributed by atoms with van der Waals surface area (Å²) in [7, 11) is 0. The summed E-state index contributed by atoms with van der Waals surface area (Å²) in [6, 6.07) is 6.04. The van der Waals surface area contributed by atoms with Crippen molar-refractivity contribution in [2.75, 3.05) is 0 Å². The quantitative estimate of drug-likeness (QED) is 0.822. The Hall–Kier alpha value is -1.88. The van der Waals surface area contributed by atoms with Crippen LogP contribution >= 0.6 is 11.3 Å². The number of carbonyl (C=O) groups excluding carboxylic acids is 2. The van der Waals surface area contributed by atoms with E-state index < -0.39 is 0 Å².